The van der Waals surface area contributed by atoms with Gasteiger partial charge in [0.15, 0.2) is 0 Å². The molecule has 0 saturated carbocycles. The number of rotatable bonds is 18. The predicted molar refractivity (Wildman–Crippen MR) is 264 cm³/mol. The Morgan fingerprint density at radius 3 is 1.13 bits per heavy atom. The Balaban J connectivity index is 0.000000261. The number of carboxylic acids is 2. The van der Waals surface area contributed by atoms with Crippen LogP contribution in [0.4, 0.5) is 9.59 Å². The van der Waals surface area contributed by atoms with Crippen molar-refractivity contribution in [3.63, 3.8) is 0 Å². The zero-order valence-electron chi connectivity index (χ0n) is 38.6. The molecule has 70 heavy (non-hydrogen) atoms. The van der Waals surface area contributed by atoms with E-state index in [-0.39, 0.29) is 47.7 Å². The maximum absolute atomic E-state index is 13.2. The quantitative estimate of drug-likeness (QED) is 0.0711. The standard InChI is InChI=1S/2C23H28N4O6S2/c2*1-23(2)19(27(15-34-23)35(32,33)17-11-7-4-8-12-17)20(28)26-18(21(29)30)14-25-22(31)24-13-16-9-5-3-6-10-16/h2*3-12,18-19H,13-15H2,1-2H3,(H,26,28)(H,29,30)(H2,24,25,31)/t2*18-,19+/m00/s1. The molecule has 2 fully saturated rings. The number of nitrogens with zero attached hydrogens (tertiary/aromatic N) is 2. The van der Waals surface area contributed by atoms with Crippen molar-refractivity contribution in [1.29, 1.82) is 0 Å². The van der Waals surface area contributed by atoms with E-state index in [1.807, 2.05) is 60.7 Å². The van der Waals surface area contributed by atoms with E-state index in [1.165, 1.54) is 47.8 Å². The van der Waals surface area contributed by atoms with Gasteiger partial charge in [0.05, 0.1) is 34.6 Å². The first-order chi connectivity index (χ1) is 33.0. The summed E-state index contributed by atoms with van der Waals surface area (Å²) in [5, 5.41) is 34.1. The lowest BCUT2D eigenvalue weighted by molar-refractivity contribution is -0.142. The van der Waals surface area contributed by atoms with E-state index in [0.29, 0.717) is 0 Å². The van der Waals surface area contributed by atoms with Gasteiger partial charge in [0, 0.05) is 22.6 Å². The number of carbonyl (C=O) groups excluding carboxylic acids is 4. The Morgan fingerprint density at radius 2 is 0.829 bits per heavy atom. The molecule has 0 aliphatic carbocycles. The molecule has 2 aliphatic heterocycles. The summed E-state index contributed by atoms with van der Waals surface area (Å²) < 4.78 is 53.4. The Hall–Kier alpha value is -6.18. The van der Waals surface area contributed by atoms with E-state index in [0.717, 1.165) is 19.7 Å². The van der Waals surface area contributed by atoms with Crippen LogP contribution in [0.25, 0.3) is 0 Å². The van der Waals surface area contributed by atoms with Crippen LogP contribution in [-0.4, -0.2) is 130 Å². The minimum atomic E-state index is -3.99. The zero-order valence-corrected chi connectivity index (χ0v) is 41.9. The highest BCUT2D eigenvalue weighted by Gasteiger charge is 2.53. The van der Waals surface area contributed by atoms with Crippen molar-refractivity contribution in [2.24, 2.45) is 0 Å². The molecule has 0 bridgehead atoms. The van der Waals surface area contributed by atoms with Gasteiger partial charge in [-0.3, -0.25) is 9.59 Å². The molecule has 376 valence electrons. The van der Waals surface area contributed by atoms with Crippen LogP contribution in [0.5, 0.6) is 0 Å². The van der Waals surface area contributed by atoms with Gasteiger partial charge in [0.25, 0.3) is 0 Å². The van der Waals surface area contributed by atoms with Crippen molar-refractivity contribution < 1.29 is 55.8 Å². The number of urea groups is 2. The van der Waals surface area contributed by atoms with Crippen molar-refractivity contribution in [2.75, 3.05) is 24.8 Å². The second kappa shape index (κ2) is 24.1. The summed E-state index contributed by atoms with van der Waals surface area (Å²) in [6, 6.07) is 27.4. The van der Waals surface area contributed by atoms with E-state index in [9.17, 15) is 55.8 Å². The fourth-order valence-corrected chi connectivity index (χ4v) is 13.6. The number of nitrogens with one attached hydrogen (secondary N) is 6. The topological polar surface area (TPSA) is 290 Å². The molecule has 2 saturated heterocycles. The van der Waals surface area contributed by atoms with Gasteiger partial charge in [-0.25, -0.2) is 36.0 Å². The number of aliphatic carboxylic acids is 2. The number of carboxylic acid groups (broad SMARTS) is 2. The maximum Gasteiger partial charge on any atom is 0.328 e. The van der Waals surface area contributed by atoms with Crippen LogP contribution in [-0.2, 0) is 52.3 Å². The van der Waals surface area contributed by atoms with E-state index < -0.39 is 89.5 Å². The average Bonchev–Trinajstić information content (AvgIpc) is 3.86. The van der Waals surface area contributed by atoms with Gasteiger partial charge in [-0.15, -0.1) is 23.5 Å². The zero-order chi connectivity index (χ0) is 51.3. The van der Waals surface area contributed by atoms with Gasteiger partial charge in [-0.1, -0.05) is 97.1 Å². The minimum absolute atomic E-state index is 0.0419. The highest BCUT2D eigenvalue weighted by Crippen LogP contribution is 2.43. The van der Waals surface area contributed by atoms with E-state index >= 15 is 0 Å². The Labute approximate surface area is 415 Å². The number of amides is 6. The first kappa shape index (κ1) is 54.8. The lowest BCUT2D eigenvalue weighted by Gasteiger charge is -2.30. The van der Waals surface area contributed by atoms with Crippen LogP contribution < -0.4 is 31.9 Å². The normalized spacial score (nSPS) is 18.4. The van der Waals surface area contributed by atoms with Crippen LogP contribution in [0, 0.1) is 0 Å². The van der Waals surface area contributed by atoms with E-state index in [4.69, 9.17) is 0 Å². The van der Waals surface area contributed by atoms with Crippen molar-refractivity contribution >= 4 is 79.4 Å². The fraction of sp³-hybridized carbons (Fsp3) is 0.348. The molecule has 4 atom stereocenters. The second-order valence-electron chi connectivity index (χ2n) is 16.9. The van der Waals surface area contributed by atoms with Gasteiger partial charge < -0.3 is 42.1 Å². The van der Waals surface area contributed by atoms with Crippen LogP contribution >= 0.6 is 23.5 Å². The summed E-state index contributed by atoms with van der Waals surface area (Å²) in [7, 11) is -7.99. The number of hydrogen-bond donors (Lipinski definition) is 8. The highest BCUT2D eigenvalue weighted by atomic mass is 32.2. The molecule has 0 aromatic heterocycles. The van der Waals surface area contributed by atoms with E-state index in [2.05, 4.69) is 31.9 Å². The predicted octanol–water partition coefficient (Wildman–Crippen LogP) is 3.20. The monoisotopic (exact) mass is 1040 g/mol. The van der Waals surface area contributed by atoms with Crippen LogP contribution in [0.2, 0.25) is 0 Å². The third kappa shape index (κ3) is 14.4. The number of hydrogen-bond acceptors (Lipinski definition) is 12. The molecule has 2 aliphatic rings. The molecular formula is C46H56N8O12S4. The molecule has 4 aromatic rings. The van der Waals surface area contributed by atoms with Crippen LogP contribution in [0.1, 0.15) is 38.8 Å². The van der Waals surface area contributed by atoms with Gasteiger partial charge in [0.1, 0.15) is 24.2 Å². The molecule has 6 rings (SSSR count). The van der Waals surface area contributed by atoms with Gasteiger partial charge in [-0.2, -0.15) is 8.61 Å². The number of sulfonamides is 2. The minimum Gasteiger partial charge on any atom is -0.480 e. The molecule has 4 aromatic carbocycles. The molecule has 20 nitrogen and oxygen atoms in total. The Morgan fingerprint density at radius 1 is 0.529 bits per heavy atom. The fourth-order valence-electron chi connectivity index (χ4n) is 7.20. The van der Waals surface area contributed by atoms with Gasteiger partial charge >= 0.3 is 24.0 Å². The Bertz CT molecular complexity index is 2500. The third-order valence-electron chi connectivity index (χ3n) is 11.0. The molecule has 2 heterocycles. The van der Waals surface area contributed by atoms with Crippen molar-refractivity contribution in [3.05, 3.63) is 132 Å². The molecule has 8 N–H and O–H groups in total. The number of carbonyl (C=O) groups is 6. The Kier molecular flexibility index (Phi) is 18.8. The van der Waals surface area contributed by atoms with Crippen LogP contribution in [0.3, 0.4) is 0 Å². The number of thioether (sulfide) groups is 2. The lowest BCUT2D eigenvalue weighted by atomic mass is 10.0. The molecule has 0 radical (unpaired) electrons. The summed E-state index contributed by atoms with van der Waals surface area (Å²) in [6.07, 6.45) is 0. The molecular weight excluding hydrogens is 985 g/mol. The van der Waals surface area contributed by atoms with Crippen molar-refractivity contribution in [1.82, 2.24) is 40.5 Å². The maximum atomic E-state index is 13.2. The average molecular weight is 1040 g/mol. The molecule has 6 amide bonds. The van der Waals surface area contributed by atoms with Gasteiger partial charge in [0.2, 0.25) is 31.9 Å². The summed E-state index contributed by atoms with van der Waals surface area (Å²) in [5.74, 6) is -4.14. The third-order valence-corrected chi connectivity index (χ3v) is 17.7. The second-order valence-corrected chi connectivity index (χ2v) is 23.8. The summed E-state index contributed by atoms with van der Waals surface area (Å²) in [6.45, 7) is 6.65. The SMILES string of the molecule is CC1(C)SCN(S(=O)(=O)c2ccccc2)[C@@H]1C(=O)N[C@@H](CNC(=O)NCc1ccccc1)C(=O)O.CC1(C)SCN(S(=O)(=O)c2ccccc2)[C@@H]1C(=O)N[C@@H](CNC(=O)NCc1ccccc1)C(=O)O. The lowest BCUT2D eigenvalue weighted by Crippen LogP contribution is -2.58. The summed E-state index contributed by atoms with van der Waals surface area (Å²) >= 11 is 2.57. The van der Waals surface area contributed by atoms with E-state index in [1.54, 1.807) is 64.1 Å². The van der Waals surface area contributed by atoms with Crippen LogP contribution in [0.15, 0.2) is 131 Å². The van der Waals surface area contributed by atoms with Crippen molar-refractivity contribution in [3.8, 4) is 0 Å². The molecule has 24 heteroatoms. The van der Waals surface area contributed by atoms with Gasteiger partial charge in [-0.05, 0) is 63.1 Å². The van der Waals surface area contributed by atoms with Crippen molar-refractivity contribution in [2.45, 2.75) is 84.2 Å². The highest BCUT2D eigenvalue weighted by molar-refractivity contribution is 8.02. The summed E-state index contributed by atoms with van der Waals surface area (Å²) in [4.78, 5) is 74.3. The smallest absolute Gasteiger partial charge is 0.328 e. The summed E-state index contributed by atoms with van der Waals surface area (Å²) in [5.41, 5.74) is 1.73. The number of benzene rings is 4. The first-order valence-corrected chi connectivity index (χ1v) is 26.5. The largest absolute Gasteiger partial charge is 0.480 e. The molecule has 0 spiro atoms. The first-order valence-electron chi connectivity index (χ1n) is 21.6. The molecule has 0 unspecified atom stereocenters.